The number of carbonyl (C=O) groups excluding carboxylic acids is 1. The molecule has 1 aromatic rings. The topological polar surface area (TPSA) is 55.1 Å². The van der Waals surface area contributed by atoms with E-state index in [1.807, 2.05) is 6.92 Å². The third-order valence-electron chi connectivity index (χ3n) is 3.81. The van der Waals surface area contributed by atoms with Gasteiger partial charge in [0.2, 0.25) is 5.91 Å². The zero-order chi connectivity index (χ0) is 13.9. The minimum Gasteiger partial charge on any atom is -0.352 e. The van der Waals surface area contributed by atoms with Gasteiger partial charge in [-0.05, 0) is 37.8 Å². The maximum Gasteiger partial charge on any atom is 0.240 e. The second kappa shape index (κ2) is 5.70. The summed E-state index contributed by atoms with van der Waals surface area (Å²) in [5.41, 5.74) is 5.99. The Morgan fingerprint density at radius 3 is 2.68 bits per heavy atom. The lowest BCUT2D eigenvalue weighted by Gasteiger charge is -2.25. The molecule has 3 N–H and O–H groups in total. The van der Waals surface area contributed by atoms with Crippen molar-refractivity contribution < 1.29 is 9.18 Å². The molecule has 1 aliphatic rings. The van der Waals surface area contributed by atoms with E-state index in [4.69, 9.17) is 5.73 Å². The number of benzene rings is 1. The van der Waals surface area contributed by atoms with Gasteiger partial charge < -0.3 is 11.1 Å². The van der Waals surface area contributed by atoms with Crippen molar-refractivity contribution in [1.82, 2.24) is 5.32 Å². The number of rotatable bonds is 4. The first-order valence-corrected chi connectivity index (χ1v) is 6.84. The highest BCUT2D eigenvalue weighted by atomic mass is 19.1. The van der Waals surface area contributed by atoms with Gasteiger partial charge in [0.1, 0.15) is 5.82 Å². The molecule has 1 aromatic carbocycles. The van der Waals surface area contributed by atoms with Crippen LogP contribution in [0.2, 0.25) is 0 Å². The molecular weight excluding hydrogens is 243 g/mol. The van der Waals surface area contributed by atoms with Crippen molar-refractivity contribution in [2.24, 2.45) is 5.73 Å². The van der Waals surface area contributed by atoms with Gasteiger partial charge in [0.05, 0.1) is 5.54 Å². The van der Waals surface area contributed by atoms with E-state index in [1.165, 1.54) is 6.07 Å². The monoisotopic (exact) mass is 264 g/mol. The number of amides is 1. The molecule has 0 spiro atoms. The maximum absolute atomic E-state index is 13.5. The van der Waals surface area contributed by atoms with Gasteiger partial charge in [-0.1, -0.05) is 31.0 Å². The van der Waals surface area contributed by atoms with E-state index < -0.39 is 5.54 Å². The van der Waals surface area contributed by atoms with Crippen molar-refractivity contribution in [3.8, 4) is 0 Å². The molecule has 2 rings (SSSR count). The Balaban J connectivity index is 1.93. The van der Waals surface area contributed by atoms with Crippen LogP contribution in [0.5, 0.6) is 0 Å². The lowest BCUT2D eigenvalue weighted by atomic mass is 9.97. The first-order valence-electron chi connectivity index (χ1n) is 6.84. The smallest absolute Gasteiger partial charge is 0.240 e. The lowest BCUT2D eigenvalue weighted by Crippen LogP contribution is -2.54. The summed E-state index contributed by atoms with van der Waals surface area (Å²) in [5.74, 6) is -0.333. The Kier molecular flexibility index (Phi) is 4.20. The fourth-order valence-electron chi connectivity index (χ4n) is 2.65. The van der Waals surface area contributed by atoms with Crippen molar-refractivity contribution in [2.45, 2.75) is 50.6 Å². The van der Waals surface area contributed by atoms with Crippen LogP contribution in [-0.2, 0) is 11.2 Å². The van der Waals surface area contributed by atoms with E-state index in [-0.39, 0.29) is 17.8 Å². The number of hydrogen-bond donors (Lipinski definition) is 2. The molecule has 0 heterocycles. The molecular formula is C15H21FN2O. The molecule has 0 saturated heterocycles. The number of nitrogens with one attached hydrogen (secondary N) is 1. The summed E-state index contributed by atoms with van der Waals surface area (Å²) >= 11 is 0. The molecule has 19 heavy (non-hydrogen) atoms. The average Bonchev–Trinajstić information content (AvgIpc) is 2.80. The van der Waals surface area contributed by atoms with E-state index in [2.05, 4.69) is 5.32 Å². The Hall–Kier alpha value is -1.42. The van der Waals surface area contributed by atoms with E-state index in [1.54, 1.807) is 18.2 Å². The molecule has 104 valence electrons. The van der Waals surface area contributed by atoms with Gasteiger partial charge in [0.25, 0.3) is 0 Å². The molecule has 1 saturated carbocycles. The number of carbonyl (C=O) groups is 1. The van der Waals surface area contributed by atoms with Crippen molar-refractivity contribution in [3.63, 3.8) is 0 Å². The second-order valence-corrected chi connectivity index (χ2v) is 5.53. The Bertz CT molecular complexity index is 455. The summed E-state index contributed by atoms with van der Waals surface area (Å²) in [4.78, 5) is 12.1. The summed E-state index contributed by atoms with van der Waals surface area (Å²) in [6.45, 7) is 1.88. The highest BCUT2D eigenvalue weighted by Crippen LogP contribution is 2.27. The highest BCUT2D eigenvalue weighted by molar-refractivity contribution is 5.86. The SMILES string of the molecule is CC(Cc1ccccc1F)NC(=O)C1(N)CCCC1. The molecule has 3 nitrogen and oxygen atoms in total. The molecule has 0 aliphatic heterocycles. The second-order valence-electron chi connectivity index (χ2n) is 5.53. The van der Waals surface area contributed by atoms with E-state index in [0.717, 1.165) is 25.7 Å². The maximum atomic E-state index is 13.5. The van der Waals surface area contributed by atoms with Gasteiger partial charge in [-0.3, -0.25) is 4.79 Å². The number of halogens is 1. The molecule has 1 amide bonds. The molecule has 1 fully saturated rings. The van der Waals surface area contributed by atoms with Gasteiger partial charge in [-0.2, -0.15) is 0 Å². The fourth-order valence-corrected chi connectivity index (χ4v) is 2.65. The highest BCUT2D eigenvalue weighted by Gasteiger charge is 2.37. The quantitative estimate of drug-likeness (QED) is 0.875. The average molecular weight is 264 g/mol. The first-order chi connectivity index (χ1) is 9.01. The van der Waals surface area contributed by atoms with Gasteiger partial charge in [-0.25, -0.2) is 4.39 Å². The first kappa shape index (κ1) is 14.0. The normalized spacial score (nSPS) is 19.1. The van der Waals surface area contributed by atoms with Crippen molar-refractivity contribution in [1.29, 1.82) is 0 Å². The molecule has 1 atom stereocenters. The summed E-state index contributed by atoms with van der Waals surface area (Å²) in [7, 11) is 0. The Morgan fingerprint density at radius 2 is 2.05 bits per heavy atom. The van der Waals surface area contributed by atoms with Crippen molar-refractivity contribution >= 4 is 5.91 Å². The molecule has 1 unspecified atom stereocenters. The predicted molar refractivity (Wildman–Crippen MR) is 73.1 cm³/mol. The Labute approximate surface area is 113 Å². The molecule has 4 heteroatoms. The van der Waals surface area contributed by atoms with Crippen LogP contribution in [0.3, 0.4) is 0 Å². The van der Waals surface area contributed by atoms with Crippen LogP contribution in [-0.4, -0.2) is 17.5 Å². The minimum atomic E-state index is -0.719. The lowest BCUT2D eigenvalue weighted by molar-refractivity contribution is -0.126. The standard InChI is InChI=1S/C15H21FN2O/c1-11(10-12-6-2-3-7-13(12)16)18-14(19)15(17)8-4-5-9-15/h2-3,6-7,11H,4-5,8-10,17H2,1H3,(H,18,19). The summed E-state index contributed by atoms with van der Waals surface area (Å²) < 4.78 is 13.5. The molecule has 0 bridgehead atoms. The van der Waals surface area contributed by atoms with Gasteiger partial charge in [0.15, 0.2) is 0 Å². The minimum absolute atomic E-state index is 0.103. The third kappa shape index (κ3) is 3.32. The van der Waals surface area contributed by atoms with E-state index in [9.17, 15) is 9.18 Å². The fraction of sp³-hybridized carbons (Fsp3) is 0.533. The summed E-state index contributed by atoms with van der Waals surface area (Å²) in [5, 5.41) is 2.91. The van der Waals surface area contributed by atoms with Crippen LogP contribution < -0.4 is 11.1 Å². The molecule has 1 aliphatic carbocycles. The largest absolute Gasteiger partial charge is 0.352 e. The Morgan fingerprint density at radius 1 is 1.42 bits per heavy atom. The zero-order valence-electron chi connectivity index (χ0n) is 11.3. The van der Waals surface area contributed by atoms with Crippen LogP contribution in [0.4, 0.5) is 4.39 Å². The van der Waals surface area contributed by atoms with Gasteiger partial charge >= 0.3 is 0 Å². The molecule has 0 aromatic heterocycles. The van der Waals surface area contributed by atoms with Gasteiger partial charge in [0, 0.05) is 6.04 Å². The van der Waals surface area contributed by atoms with Crippen LogP contribution in [0.25, 0.3) is 0 Å². The summed E-state index contributed by atoms with van der Waals surface area (Å²) in [6, 6.07) is 6.52. The predicted octanol–water partition coefficient (Wildman–Crippen LogP) is 2.14. The third-order valence-corrected chi connectivity index (χ3v) is 3.81. The van der Waals surface area contributed by atoms with Crippen molar-refractivity contribution in [3.05, 3.63) is 35.6 Å². The van der Waals surface area contributed by atoms with Crippen LogP contribution in [0.1, 0.15) is 38.2 Å². The van der Waals surface area contributed by atoms with Gasteiger partial charge in [-0.15, -0.1) is 0 Å². The van der Waals surface area contributed by atoms with Crippen LogP contribution >= 0.6 is 0 Å². The van der Waals surface area contributed by atoms with Crippen LogP contribution in [0, 0.1) is 5.82 Å². The van der Waals surface area contributed by atoms with E-state index >= 15 is 0 Å². The van der Waals surface area contributed by atoms with Crippen molar-refractivity contribution in [2.75, 3.05) is 0 Å². The van der Waals surface area contributed by atoms with E-state index in [0.29, 0.717) is 12.0 Å². The zero-order valence-corrected chi connectivity index (χ0v) is 11.3. The number of nitrogens with two attached hydrogens (primary N) is 1. The number of hydrogen-bond acceptors (Lipinski definition) is 2. The van der Waals surface area contributed by atoms with Crippen LogP contribution in [0.15, 0.2) is 24.3 Å². The summed E-state index contributed by atoms with van der Waals surface area (Å²) in [6.07, 6.45) is 3.97. The molecule has 0 radical (unpaired) electrons.